The fraction of sp³-hybridized carbons (Fsp3) is 0.111. The van der Waals surface area contributed by atoms with Gasteiger partial charge in [-0.15, -0.1) is 11.3 Å². The summed E-state index contributed by atoms with van der Waals surface area (Å²) >= 11 is 1.92. The van der Waals surface area contributed by atoms with Crippen LogP contribution >= 0.6 is 11.3 Å². The molecule has 1 heteroatoms. The first-order valence-electron chi connectivity index (χ1n) is 6.56. The second-order valence-electron chi connectivity index (χ2n) is 5.08. The molecule has 92 valence electrons. The Hall–Kier alpha value is -1.86. The molecule has 0 unspecified atom stereocenters. The van der Waals surface area contributed by atoms with Crippen LogP contribution in [0.1, 0.15) is 10.4 Å². The molecule has 0 N–H and O–H groups in total. The summed E-state index contributed by atoms with van der Waals surface area (Å²) in [5, 5.41) is 6.95. The zero-order valence-corrected chi connectivity index (χ0v) is 11.8. The SMILES string of the molecule is Cc1sc2c3ccccc3c3ccccc3c2c1C. The molecule has 3 aromatic carbocycles. The van der Waals surface area contributed by atoms with Crippen molar-refractivity contribution >= 4 is 43.0 Å². The molecular weight excluding hydrogens is 248 g/mol. The molecule has 0 aliphatic heterocycles. The van der Waals surface area contributed by atoms with E-state index in [1.807, 2.05) is 11.3 Å². The van der Waals surface area contributed by atoms with Gasteiger partial charge in [0.05, 0.1) is 0 Å². The van der Waals surface area contributed by atoms with E-state index >= 15 is 0 Å². The van der Waals surface area contributed by atoms with Crippen molar-refractivity contribution in [3.63, 3.8) is 0 Å². The van der Waals surface area contributed by atoms with E-state index in [4.69, 9.17) is 0 Å². The summed E-state index contributed by atoms with van der Waals surface area (Å²) in [5.74, 6) is 0. The van der Waals surface area contributed by atoms with E-state index in [0.717, 1.165) is 0 Å². The van der Waals surface area contributed by atoms with Crippen molar-refractivity contribution in [3.8, 4) is 0 Å². The maximum absolute atomic E-state index is 2.25. The van der Waals surface area contributed by atoms with E-state index in [0.29, 0.717) is 0 Å². The fourth-order valence-corrected chi connectivity index (χ4v) is 4.21. The molecule has 0 spiro atoms. The first kappa shape index (κ1) is 11.0. The van der Waals surface area contributed by atoms with E-state index < -0.39 is 0 Å². The number of hydrogen-bond acceptors (Lipinski definition) is 1. The van der Waals surface area contributed by atoms with Crippen LogP contribution in [0, 0.1) is 13.8 Å². The van der Waals surface area contributed by atoms with Gasteiger partial charge >= 0.3 is 0 Å². The smallest absolute Gasteiger partial charge is 0.0433 e. The van der Waals surface area contributed by atoms with Gasteiger partial charge in [0.2, 0.25) is 0 Å². The van der Waals surface area contributed by atoms with E-state index in [9.17, 15) is 0 Å². The van der Waals surface area contributed by atoms with E-state index in [-0.39, 0.29) is 0 Å². The zero-order valence-electron chi connectivity index (χ0n) is 11.0. The van der Waals surface area contributed by atoms with Crippen LogP contribution in [0.25, 0.3) is 31.6 Å². The van der Waals surface area contributed by atoms with Gasteiger partial charge in [-0.2, -0.15) is 0 Å². The van der Waals surface area contributed by atoms with Crippen LogP contribution < -0.4 is 0 Å². The Balaban J connectivity index is 2.47. The quantitative estimate of drug-likeness (QED) is 0.350. The maximum atomic E-state index is 2.25. The lowest BCUT2D eigenvalue weighted by Gasteiger charge is -2.07. The van der Waals surface area contributed by atoms with Crippen molar-refractivity contribution < 1.29 is 0 Å². The van der Waals surface area contributed by atoms with Crippen molar-refractivity contribution in [3.05, 3.63) is 59.0 Å². The van der Waals surface area contributed by atoms with Crippen molar-refractivity contribution in [1.29, 1.82) is 0 Å². The van der Waals surface area contributed by atoms with Crippen LogP contribution in [0.2, 0.25) is 0 Å². The van der Waals surface area contributed by atoms with Crippen LogP contribution in [-0.2, 0) is 0 Å². The van der Waals surface area contributed by atoms with Crippen molar-refractivity contribution in [1.82, 2.24) is 0 Å². The molecule has 1 aromatic heterocycles. The Labute approximate surface area is 116 Å². The predicted molar refractivity (Wildman–Crippen MR) is 86.3 cm³/mol. The second-order valence-corrected chi connectivity index (χ2v) is 6.30. The number of fused-ring (bicyclic) bond motifs is 6. The normalized spacial score (nSPS) is 11.7. The molecule has 4 aromatic rings. The van der Waals surface area contributed by atoms with Gasteiger partial charge in [-0.3, -0.25) is 0 Å². The standard InChI is InChI=1S/C18H14S/c1-11-12(2)19-18-16-10-6-4-8-14(16)13-7-3-5-9-15(13)17(11)18/h3-10H,1-2H3. The Morgan fingerprint density at radius 1 is 0.684 bits per heavy atom. The third kappa shape index (κ3) is 1.39. The van der Waals surface area contributed by atoms with Gasteiger partial charge in [0, 0.05) is 20.3 Å². The topological polar surface area (TPSA) is 0 Å². The van der Waals surface area contributed by atoms with Gasteiger partial charge in [-0.25, -0.2) is 0 Å². The highest BCUT2D eigenvalue weighted by Crippen LogP contribution is 2.41. The summed E-state index contributed by atoms with van der Waals surface area (Å²) in [4.78, 5) is 1.43. The molecule has 0 saturated carbocycles. The number of aryl methyl sites for hydroxylation is 2. The number of benzene rings is 3. The van der Waals surface area contributed by atoms with Crippen molar-refractivity contribution in [2.24, 2.45) is 0 Å². The van der Waals surface area contributed by atoms with Gasteiger partial charge in [0.25, 0.3) is 0 Å². The van der Waals surface area contributed by atoms with Gasteiger partial charge in [0.1, 0.15) is 0 Å². The van der Waals surface area contributed by atoms with Gasteiger partial charge < -0.3 is 0 Å². The summed E-state index contributed by atoms with van der Waals surface area (Å²) in [7, 11) is 0. The Morgan fingerprint density at radius 3 is 1.89 bits per heavy atom. The first-order valence-corrected chi connectivity index (χ1v) is 7.38. The predicted octanol–water partition coefficient (Wildman–Crippen LogP) is 5.82. The summed E-state index contributed by atoms with van der Waals surface area (Å²) < 4.78 is 1.43. The van der Waals surface area contributed by atoms with E-state index in [2.05, 4.69) is 62.4 Å². The summed E-state index contributed by atoms with van der Waals surface area (Å²) in [6, 6.07) is 17.5. The average molecular weight is 262 g/mol. The molecule has 0 bridgehead atoms. The molecule has 4 rings (SSSR count). The highest BCUT2D eigenvalue weighted by molar-refractivity contribution is 7.20. The molecule has 0 aliphatic carbocycles. The van der Waals surface area contributed by atoms with Crippen LogP contribution in [0.3, 0.4) is 0 Å². The molecule has 0 fully saturated rings. The molecule has 19 heavy (non-hydrogen) atoms. The summed E-state index contributed by atoms with van der Waals surface area (Å²) in [6.45, 7) is 4.47. The van der Waals surface area contributed by atoms with Gasteiger partial charge in [-0.05, 0) is 35.6 Å². The lowest BCUT2D eigenvalue weighted by atomic mass is 9.97. The highest BCUT2D eigenvalue weighted by atomic mass is 32.1. The monoisotopic (exact) mass is 262 g/mol. The van der Waals surface area contributed by atoms with E-state index in [1.54, 1.807) is 0 Å². The Morgan fingerprint density at radius 2 is 1.21 bits per heavy atom. The van der Waals surface area contributed by atoms with Gasteiger partial charge in [-0.1, -0.05) is 48.5 Å². The van der Waals surface area contributed by atoms with Crippen molar-refractivity contribution in [2.45, 2.75) is 13.8 Å². The third-order valence-electron chi connectivity index (χ3n) is 4.04. The average Bonchev–Trinajstić information content (AvgIpc) is 2.76. The lowest BCUT2D eigenvalue weighted by molar-refractivity contribution is 1.48. The number of thiophene rings is 1. The van der Waals surface area contributed by atoms with E-state index in [1.165, 1.54) is 42.1 Å². The fourth-order valence-electron chi connectivity index (χ4n) is 2.99. The maximum Gasteiger partial charge on any atom is 0.0433 e. The summed E-state index contributed by atoms with van der Waals surface area (Å²) in [6.07, 6.45) is 0. The molecule has 0 saturated heterocycles. The minimum absolute atomic E-state index is 1.37. The molecule has 1 heterocycles. The summed E-state index contributed by atoms with van der Waals surface area (Å²) in [5.41, 5.74) is 1.43. The van der Waals surface area contributed by atoms with Crippen LogP contribution in [-0.4, -0.2) is 0 Å². The third-order valence-corrected chi connectivity index (χ3v) is 5.28. The highest BCUT2D eigenvalue weighted by Gasteiger charge is 2.13. The molecule has 0 radical (unpaired) electrons. The molecule has 0 nitrogen and oxygen atoms in total. The molecular formula is C18H14S. The molecule has 0 amide bonds. The van der Waals surface area contributed by atoms with Crippen LogP contribution in [0.15, 0.2) is 48.5 Å². The van der Waals surface area contributed by atoms with Crippen molar-refractivity contribution in [2.75, 3.05) is 0 Å². The van der Waals surface area contributed by atoms with Crippen LogP contribution in [0.4, 0.5) is 0 Å². The number of rotatable bonds is 0. The minimum atomic E-state index is 1.37. The molecule has 0 atom stereocenters. The largest absolute Gasteiger partial charge is 0.140 e. The zero-order chi connectivity index (χ0) is 13.0. The minimum Gasteiger partial charge on any atom is -0.140 e. The Bertz CT molecular complexity index is 929. The number of hydrogen-bond donors (Lipinski definition) is 0. The lowest BCUT2D eigenvalue weighted by Crippen LogP contribution is -1.80. The first-order chi connectivity index (χ1) is 9.27. The Kier molecular flexibility index (Phi) is 2.21. The second kappa shape index (κ2) is 3.82. The molecule has 0 aliphatic rings. The van der Waals surface area contributed by atoms with Crippen LogP contribution in [0.5, 0.6) is 0 Å². The van der Waals surface area contributed by atoms with Gasteiger partial charge in [0.15, 0.2) is 0 Å².